The Morgan fingerprint density at radius 3 is 2.92 bits per heavy atom. The molecule has 2 aromatic rings. The van der Waals surface area contributed by atoms with E-state index >= 15 is 0 Å². The molecule has 0 atom stereocenters. The van der Waals surface area contributed by atoms with Crippen molar-refractivity contribution in [3.63, 3.8) is 0 Å². The van der Waals surface area contributed by atoms with E-state index in [0.717, 1.165) is 55.8 Å². The lowest BCUT2D eigenvalue weighted by Crippen LogP contribution is -2.41. The van der Waals surface area contributed by atoms with Crippen LogP contribution in [0.4, 0.5) is 5.82 Å². The first-order valence-electron chi connectivity index (χ1n) is 8.93. The number of ether oxygens (including phenoxy) is 1. The molecule has 25 heavy (non-hydrogen) atoms. The third kappa shape index (κ3) is 4.07. The fourth-order valence-corrected chi connectivity index (χ4v) is 3.23. The molecule has 0 aliphatic carbocycles. The first-order chi connectivity index (χ1) is 12.2. The molecule has 1 amide bonds. The molecular formula is C17H26N6O2. The van der Waals surface area contributed by atoms with Gasteiger partial charge in [0.1, 0.15) is 12.1 Å². The smallest absolute Gasteiger partial charge is 0.223 e. The number of nitrogens with one attached hydrogen (secondary N) is 1. The van der Waals surface area contributed by atoms with Gasteiger partial charge in [0.25, 0.3) is 0 Å². The van der Waals surface area contributed by atoms with Crippen LogP contribution in [0.25, 0.3) is 11.0 Å². The fraction of sp³-hybridized carbons (Fsp3) is 0.647. The van der Waals surface area contributed by atoms with E-state index in [0.29, 0.717) is 13.2 Å². The van der Waals surface area contributed by atoms with Gasteiger partial charge in [-0.05, 0) is 26.2 Å². The van der Waals surface area contributed by atoms with E-state index in [1.165, 1.54) is 0 Å². The van der Waals surface area contributed by atoms with Crippen LogP contribution >= 0.6 is 0 Å². The Kier molecular flexibility index (Phi) is 5.80. The van der Waals surface area contributed by atoms with Gasteiger partial charge in [0, 0.05) is 45.8 Å². The molecule has 1 saturated heterocycles. The highest BCUT2D eigenvalue weighted by atomic mass is 16.5. The summed E-state index contributed by atoms with van der Waals surface area (Å²) in [5.74, 6) is 1.15. The summed E-state index contributed by atoms with van der Waals surface area (Å²) in [4.78, 5) is 23.2. The molecule has 3 rings (SSSR count). The Morgan fingerprint density at radius 1 is 1.36 bits per heavy atom. The molecule has 0 radical (unpaired) electrons. The second-order valence-corrected chi connectivity index (χ2v) is 6.31. The minimum absolute atomic E-state index is 0.0783. The maximum atomic E-state index is 12.3. The Morgan fingerprint density at radius 2 is 2.16 bits per heavy atom. The zero-order valence-corrected chi connectivity index (χ0v) is 14.9. The number of hydrogen-bond acceptors (Lipinski definition) is 6. The lowest BCUT2D eigenvalue weighted by atomic mass is 9.96. The molecule has 0 bridgehead atoms. The Bertz CT molecular complexity index is 708. The summed E-state index contributed by atoms with van der Waals surface area (Å²) in [7, 11) is 1.88. The standard InChI is InChI=1S/C17H26N6O2/c1-3-25-10-4-7-18-17(24)13-5-8-23(9-6-13)16-14-11-21-22(2)15(14)19-12-20-16/h11-13H,3-10H2,1-2H3,(H,18,24). The van der Waals surface area contributed by atoms with E-state index in [1.54, 1.807) is 11.0 Å². The van der Waals surface area contributed by atoms with Crippen molar-refractivity contribution in [2.45, 2.75) is 26.2 Å². The number of amides is 1. The fourth-order valence-electron chi connectivity index (χ4n) is 3.23. The third-order valence-electron chi connectivity index (χ3n) is 4.64. The summed E-state index contributed by atoms with van der Waals surface area (Å²) >= 11 is 0. The average Bonchev–Trinajstić information content (AvgIpc) is 3.03. The lowest BCUT2D eigenvalue weighted by molar-refractivity contribution is -0.125. The molecule has 3 heterocycles. The molecule has 0 aromatic carbocycles. The van der Waals surface area contributed by atoms with Crippen molar-refractivity contribution in [2.24, 2.45) is 13.0 Å². The van der Waals surface area contributed by atoms with Crippen LogP contribution in [0.1, 0.15) is 26.2 Å². The summed E-state index contributed by atoms with van der Waals surface area (Å²) in [6, 6.07) is 0. The van der Waals surface area contributed by atoms with Crippen molar-refractivity contribution < 1.29 is 9.53 Å². The van der Waals surface area contributed by atoms with Gasteiger partial charge in [0.15, 0.2) is 5.65 Å². The summed E-state index contributed by atoms with van der Waals surface area (Å²) < 4.78 is 7.04. The molecular weight excluding hydrogens is 320 g/mol. The molecule has 0 spiro atoms. The van der Waals surface area contributed by atoms with Gasteiger partial charge in [0.05, 0.1) is 11.6 Å². The van der Waals surface area contributed by atoms with Gasteiger partial charge >= 0.3 is 0 Å². The van der Waals surface area contributed by atoms with Crippen LogP contribution in [0, 0.1) is 5.92 Å². The maximum absolute atomic E-state index is 12.3. The van der Waals surface area contributed by atoms with Gasteiger partial charge in [0.2, 0.25) is 5.91 Å². The van der Waals surface area contributed by atoms with Crippen LogP contribution in [-0.4, -0.2) is 58.5 Å². The topological polar surface area (TPSA) is 85.2 Å². The number of fused-ring (bicyclic) bond motifs is 1. The van der Waals surface area contributed by atoms with E-state index in [1.807, 2.05) is 20.2 Å². The minimum Gasteiger partial charge on any atom is -0.382 e. The minimum atomic E-state index is 0.0783. The van der Waals surface area contributed by atoms with Crippen LogP contribution in [-0.2, 0) is 16.6 Å². The van der Waals surface area contributed by atoms with Crippen LogP contribution in [0.15, 0.2) is 12.5 Å². The zero-order valence-electron chi connectivity index (χ0n) is 14.9. The SMILES string of the molecule is CCOCCCNC(=O)C1CCN(c2ncnc3c2cnn3C)CC1. The molecule has 0 saturated carbocycles. The zero-order chi connectivity index (χ0) is 17.6. The van der Waals surface area contributed by atoms with Crippen molar-refractivity contribution >= 4 is 22.8 Å². The number of aryl methyl sites for hydroxylation is 1. The highest BCUT2D eigenvalue weighted by molar-refractivity contribution is 5.87. The quantitative estimate of drug-likeness (QED) is 0.756. The molecule has 1 aliphatic heterocycles. The van der Waals surface area contributed by atoms with E-state index in [4.69, 9.17) is 4.74 Å². The van der Waals surface area contributed by atoms with Crippen molar-refractivity contribution in [2.75, 3.05) is 37.7 Å². The number of piperidine rings is 1. The maximum Gasteiger partial charge on any atom is 0.223 e. The lowest BCUT2D eigenvalue weighted by Gasteiger charge is -2.32. The average molecular weight is 346 g/mol. The molecule has 136 valence electrons. The second kappa shape index (κ2) is 8.24. The second-order valence-electron chi connectivity index (χ2n) is 6.31. The van der Waals surface area contributed by atoms with Crippen molar-refractivity contribution in [1.82, 2.24) is 25.1 Å². The van der Waals surface area contributed by atoms with E-state index in [-0.39, 0.29) is 11.8 Å². The monoisotopic (exact) mass is 346 g/mol. The van der Waals surface area contributed by atoms with Crippen LogP contribution in [0.2, 0.25) is 0 Å². The van der Waals surface area contributed by atoms with Crippen molar-refractivity contribution in [3.8, 4) is 0 Å². The molecule has 1 N–H and O–H groups in total. The Labute approximate surface area is 147 Å². The number of rotatable bonds is 7. The van der Waals surface area contributed by atoms with Crippen LogP contribution in [0.3, 0.4) is 0 Å². The summed E-state index contributed by atoms with van der Waals surface area (Å²) in [5.41, 5.74) is 0.833. The van der Waals surface area contributed by atoms with E-state index in [9.17, 15) is 4.79 Å². The number of nitrogens with zero attached hydrogens (tertiary/aromatic N) is 5. The Balaban J connectivity index is 1.52. The van der Waals surface area contributed by atoms with Gasteiger partial charge in [-0.25, -0.2) is 9.97 Å². The number of carbonyl (C=O) groups excluding carboxylic acids is 1. The number of hydrogen-bond donors (Lipinski definition) is 1. The van der Waals surface area contributed by atoms with E-state index < -0.39 is 0 Å². The highest BCUT2D eigenvalue weighted by Gasteiger charge is 2.26. The summed E-state index contributed by atoms with van der Waals surface area (Å²) in [6.07, 6.45) is 5.92. The summed E-state index contributed by atoms with van der Waals surface area (Å²) in [6.45, 7) is 5.71. The number of carbonyl (C=O) groups is 1. The van der Waals surface area contributed by atoms with Gasteiger partial charge in [-0.2, -0.15) is 5.10 Å². The van der Waals surface area contributed by atoms with Gasteiger partial charge in [-0.15, -0.1) is 0 Å². The van der Waals surface area contributed by atoms with Crippen molar-refractivity contribution in [1.29, 1.82) is 0 Å². The first-order valence-corrected chi connectivity index (χ1v) is 8.93. The predicted octanol–water partition coefficient (Wildman–Crippen LogP) is 1.12. The van der Waals surface area contributed by atoms with Gasteiger partial charge < -0.3 is 15.0 Å². The number of aromatic nitrogens is 4. The van der Waals surface area contributed by atoms with E-state index in [2.05, 4.69) is 25.3 Å². The molecule has 8 nitrogen and oxygen atoms in total. The molecule has 1 aliphatic rings. The normalized spacial score (nSPS) is 15.7. The van der Waals surface area contributed by atoms with Gasteiger partial charge in [-0.1, -0.05) is 0 Å². The van der Waals surface area contributed by atoms with Crippen LogP contribution in [0.5, 0.6) is 0 Å². The highest BCUT2D eigenvalue weighted by Crippen LogP contribution is 2.27. The summed E-state index contributed by atoms with van der Waals surface area (Å²) in [5, 5.41) is 8.25. The predicted molar refractivity (Wildman–Crippen MR) is 95.4 cm³/mol. The molecule has 1 fully saturated rings. The van der Waals surface area contributed by atoms with Gasteiger partial charge in [-0.3, -0.25) is 9.48 Å². The Hall–Kier alpha value is -2.22. The molecule has 8 heteroatoms. The first kappa shape index (κ1) is 17.6. The van der Waals surface area contributed by atoms with Crippen molar-refractivity contribution in [3.05, 3.63) is 12.5 Å². The third-order valence-corrected chi connectivity index (χ3v) is 4.64. The molecule has 0 unspecified atom stereocenters. The molecule has 2 aromatic heterocycles. The van der Waals surface area contributed by atoms with Crippen LogP contribution < -0.4 is 10.2 Å². The largest absolute Gasteiger partial charge is 0.382 e. The number of anilines is 1.